The number of nitro benzene ring substituents is 1. The minimum Gasteiger partial charge on any atom is -0.486 e. The van der Waals surface area contributed by atoms with Crippen molar-refractivity contribution >= 4 is 40.4 Å². The molecule has 1 aromatic heterocycles. The maximum absolute atomic E-state index is 10.5. The maximum atomic E-state index is 10.5. The zero-order chi connectivity index (χ0) is 13.1. The van der Waals surface area contributed by atoms with Gasteiger partial charge in [0.25, 0.3) is 5.69 Å². The minimum atomic E-state index is -0.531. The van der Waals surface area contributed by atoms with Gasteiger partial charge in [0.15, 0.2) is 0 Å². The van der Waals surface area contributed by atoms with E-state index in [-0.39, 0.29) is 17.3 Å². The van der Waals surface area contributed by atoms with Gasteiger partial charge in [-0.1, -0.05) is 27.7 Å². The van der Waals surface area contributed by atoms with Crippen LogP contribution in [0.25, 0.3) is 0 Å². The van der Waals surface area contributed by atoms with Crippen molar-refractivity contribution in [2.75, 3.05) is 0 Å². The third-order valence-corrected chi connectivity index (χ3v) is 3.28. The van der Waals surface area contributed by atoms with Gasteiger partial charge in [-0.05, 0) is 6.07 Å². The summed E-state index contributed by atoms with van der Waals surface area (Å²) in [7, 11) is 0. The lowest BCUT2D eigenvalue weighted by molar-refractivity contribution is -0.384. The summed E-state index contributed by atoms with van der Waals surface area (Å²) in [5.41, 5.74) is 0.400. The molecule has 94 valence electrons. The molecule has 1 heterocycles. The zero-order valence-electron chi connectivity index (χ0n) is 8.67. The molecule has 0 aliphatic carbocycles. The predicted octanol–water partition coefficient (Wildman–Crippen LogP) is 3.33. The molecule has 6 nitrogen and oxygen atoms in total. The summed E-state index contributed by atoms with van der Waals surface area (Å²) in [4.78, 5) is 9.99. The predicted molar refractivity (Wildman–Crippen MR) is 67.4 cm³/mol. The Morgan fingerprint density at radius 1 is 1.44 bits per heavy atom. The van der Waals surface area contributed by atoms with Gasteiger partial charge in [-0.2, -0.15) is 0 Å². The van der Waals surface area contributed by atoms with Gasteiger partial charge in [0, 0.05) is 23.7 Å². The van der Waals surface area contributed by atoms with Gasteiger partial charge in [-0.25, -0.2) is 0 Å². The number of rotatable bonds is 4. The standard InChI is InChI=1S/C9H5Cl2N3O3S/c10-6-3-5(14(15)16)1-2-8(6)17-4-7-9(11)18-13-12-7/h1-3H,4H2. The SMILES string of the molecule is O=[N+]([O-])c1ccc(OCc2nnsc2Cl)c(Cl)c1. The van der Waals surface area contributed by atoms with Crippen LogP contribution in [0.4, 0.5) is 5.69 Å². The van der Waals surface area contributed by atoms with Crippen molar-refractivity contribution in [2.45, 2.75) is 6.61 Å². The number of nitrogens with zero attached hydrogens (tertiary/aromatic N) is 3. The van der Waals surface area contributed by atoms with Crippen LogP contribution in [0, 0.1) is 10.1 Å². The first kappa shape index (κ1) is 13.0. The number of ether oxygens (including phenoxy) is 1. The molecular formula is C9H5Cl2N3O3S. The number of halogens is 2. The highest BCUT2D eigenvalue weighted by Crippen LogP contribution is 2.29. The Balaban J connectivity index is 2.11. The van der Waals surface area contributed by atoms with Gasteiger partial charge in [0.1, 0.15) is 22.4 Å². The van der Waals surface area contributed by atoms with Crippen LogP contribution in [0.5, 0.6) is 5.75 Å². The molecule has 0 aliphatic rings. The van der Waals surface area contributed by atoms with E-state index in [4.69, 9.17) is 27.9 Å². The summed E-state index contributed by atoms with van der Waals surface area (Å²) in [5.74, 6) is 0.325. The highest BCUT2D eigenvalue weighted by Gasteiger charge is 2.12. The summed E-state index contributed by atoms with van der Waals surface area (Å²) >= 11 is 12.7. The Morgan fingerprint density at radius 3 is 2.78 bits per heavy atom. The maximum Gasteiger partial charge on any atom is 0.271 e. The topological polar surface area (TPSA) is 78.2 Å². The molecular weight excluding hydrogens is 301 g/mol. The van der Waals surface area contributed by atoms with Crippen LogP contribution >= 0.6 is 34.7 Å². The fourth-order valence-corrected chi connectivity index (χ4v) is 1.98. The third kappa shape index (κ3) is 2.87. The lowest BCUT2D eigenvalue weighted by Crippen LogP contribution is -1.97. The Hall–Kier alpha value is -1.44. The molecule has 0 radical (unpaired) electrons. The second-order valence-electron chi connectivity index (χ2n) is 3.15. The van der Waals surface area contributed by atoms with Crippen molar-refractivity contribution in [1.82, 2.24) is 9.59 Å². The van der Waals surface area contributed by atoms with Crippen LogP contribution in [0.2, 0.25) is 9.36 Å². The van der Waals surface area contributed by atoms with Gasteiger partial charge in [-0.3, -0.25) is 10.1 Å². The van der Waals surface area contributed by atoms with Crippen molar-refractivity contribution in [3.8, 4) is 5.75 Å². The molecule has 0 spiro atoms. The molecule has 0 amide bonds. The van der Waals surface area contributed by atoms with E-state index in [1.807, 2.05) is 0 Å². The molecule has 0 bridgehead atoms. The van der Waals surface area contributed by atoms with Crippen molar-refractivity contribution in [2.24, 2.45) is 0 Å². The average Bonchev–Trinajstić information content (AvgIpc) is 2.73. The molecule has 0 atom stereocenters. The summed E-state index contributed by atoms with van der Waals surface area (Å²) in [5, 5.41) is 14.4. The first-order valence-electron chi connectivity index (χ1n) is 4.61. The van der Waals surface area contributed by atoms with Crippen LogP contribution in [-0.2, 0) is 6.61 Å². The zero-order valence-corrected chi connectivity index (χ0v) is 11.0. The second kappa shape index (κ2) is 5.47. The van der Waals surface area contributed by atoms with Crippen molar-refractivity contribution in [3.63, 3.8) is 0 Å². The van der Waals surface area contributed by atoms with Gasteiger partial charge in [0.2, 0.25) is 0 Å². The normalized spacial score (nSPS) is 10.3. The Morgan fingerprint density at radius 2 is 2.22 bits per heavy atom. The molecule has 1 aromatic carbocycles. The number of benzene rings is 1. The first-order chi connectivity index (χ1) is 8.58. The smallest absolute Gasteiger partial charge is 0.271 e. The molecule has 0 saturated carbocycles. The quantitative estimate of drug-likeness (QED) is 0.639. The Labute approximate surface area is 115 Å². The van der Waals surface area contributed by atoms with E-state index in [0.29, 0.717) is 15.8 Å². The highest BCUT2D eigenvalue weighted by molar-refractivity contribution is 7.10. The molecule has 2 aromatic rings. The van der Waals surface area contributed by atoms with E-state index in [0.717, 1.165) is 11.5 Å². The largest absolute Gasteiger partial charge is 0.486 e. The van der Waals surface area contributed by atoms with Crippen LogP contribution in [0.15, 0.2) is 18.2 Å². The average molecular weight is 306 g/mol. The lowest BCUT2D eigenvalue weighted by atomic mass is 10.3. The number of nitro groups is 1. The van der Waals surface area contributed by atoms with Crippen LogP contribution < -0.4 is 4.74 Å². The molecule has 18 heavy (non-hydrogen) atoms. The van der Waals surface area contributed by atoms with Crippen LogP contribution in [0.1, 0.15) is 5.69 Å². The fraction of sp³-hybridized carbons (Fsp3) is 0.111. The van der Waals surface area contributed by atoms with Crippen molar-refractivity contribution in [1.29, 1.82) is 0 Å². The van der Waals surface area contributed by atoms with Crippen LogP contribution in [-0.4, -0.2) is 14.5 Å². The fourth-order valence-electron chi connectivity index (χ4n) is 1.15. The number of aromatic nitrogens is 2. The summed E-state index contributed by atoms with van der Waals surface area (Å²) in [6.07, 6.45) is 0. The summed E-state index contributed by atoms with van der Waals surface area (Å²) in [6.45, 7) is 0.104. The molecule has 0 unspecified atom stereocenters. The van der Waals surface area contributed by atoms with Gasteiger partial charge in [-0.15, -0.1) is 5.10 Å². The van der Waals surface area contributed by atoms with E-state index in [2.05, 4.69) is 9.59 Å². The van der Waals surface area contributed by atoms with E-state index in [1.165, 1.54) is 18.2 Å². The van der Waals surface area contributed by atoms with Crippen molar-refractivity contribution < 1.29 is 9.66 Å². The van der Waals surface area contributed by atoms with E-state index < -0.39 is 4.92 Å². The second-order valence-corrected chi connectivity index (χ2v) is 4.92. The monoisotopic (exact) mass is 305 g/mol. The van der Waals surface area contributed by atoms with Gasteiger partial charge >= 0.3 is 0 Å². The molecule has 0 fully saturated rings. The molecule has 0 saturated heterocycles. The van der Waals surface area contributed by atoms with E-state index in [9.17, 15) is 10.1 Å². The Kier molecular flexibility index (Phi) is 3.95. The van der Waals surface area contributed by atoms with E-state index >= 15 is 0 Å². The van der Waals surface area contributed by atoms with E-state index in [1.54, 1.807) is 0 Å². The van der Waals surface area contributed by atoms with Crippen molar-refractivity contribution in [3.05, 3.63) is 43.4 Å². The van der Waals surface area contributed by atoms with Gasteiger partial charge in [0.05, 0.1) is 9.95 Å². The highest BCUT2D eigenvalue weighted by atomic mass is 35.5. The number of hydrogen-bond donors (Lipinski definition) is 0. The summed E-state index contributed by atoms with van der Waals surface area (Å²) in [6, 6.07) is 3.95. The molecule has 2 rings (SSSR count). The lowest BCUT2D eigenvalue weighted by Gasteiger charge is -2.05. The number of hydrogen-bond acceptors (Lipinski definition) is 6. The van der Waals surface area contributed by atoms with Gasteiger partial charge < -0.3 is 4.74 Å². The third-order valence-electron chi connectivity index (χ3n) is 2.00. The number of non-ortho nitro benzene ring substituents is 1. The van der Waals surface area contributed by atoms with Crippen LogP contribution in [0.3, 0.4) is 0 Å². The Bertz CT molecular complexity index is 590. The minimum absolute atomic E-state index is 0.0966. The summed E-state index contributed by atoms with van der Waals surface area (Å²) < 4.78 is 9.45. The molecule has 0 N–H and O–H groups in total. The molecule has 9 heteroatoms. The first-order valence-corrected chi connectivity index (χ1v) is 6.14. The molecule has 0 aliphatic heterocycles.